The highest BCUT2D eigenvalue weighted by Crippen LogP contribution is 2.11. The highest BCUT2D eigenvalue weighted by atomic mass is 35.5. The normalized spacial score (nSPS) is 15.7. The zero-order valence-electron chi connectivity index (χ0n) is 12.9. The van der Waals surface area contributed by atoms with Gasteiger partial charge in [-0.2, -0.15) is 0 Å². The van der Waals surface area contributed by atoms with Crippen LogP contribution < -0.4 is 4.72 Å². The van der Waals surface area contributed by atoms with E-state index >= 15 is 0 Å². The largest absolute Gasteiger partial charge is 0.465 e. The van der Waals surface area contributed by atoms with Crippen LogP contribution in [0.15, 0.2) is 29.2 Å². The number of benzene rings is 1. The van der Waals surface area contributed by atoms with Crippen molar-refractivity contribution in [2.24, 2.45) is 0 Å². The Morgan fingerprint density at radius 3 is 2.43 bits per heavy atom. The lowest BCUT2D eigenvalue weighted by Gasteiger charge is -2.26. The molecular weight excluding hydrogens is 344 g/mol. The van der Waals surface area contributed by atoms with E-state index in [1.807, 2.05) is 0 Å². The third kappa shape index (κ3) is 5.74. The van der Waals surface area contributed by atoms with Gasteiger partial charge in [-0.1, -0.05) is 0 Å². The summed E-state index contributed by atoms with van der Waals surface area (Å²) >= 11 is 0. The van der Waals surface area contributed by atoms with Crippen molar-refractivity contribution in [3.8, 4) is 0 Å². The number of rotatable bonds is 6. The first-order valence-electron chi connectivity index (χ1n) is 7.01. The zero-order chi connectivity index (χ0) is 16.0. The molecule has 1 aliphatic heterocycles. The molecule has 0 bridgehead atoms. The van der Waals surface area contributed by atoms with Gasteiger partial charge in [0, 0.05) is 26.2 Å². The molecule has 2 rings (SSSR count). The predicted octanol–water partition coefficient (Wildman–Crippen LogP) is 0.506. The molecule has 0 aliphatic carbocycles. The van der Waals surface area contributed by atoms with Crippen molar-refractivity contribution in [1.29, 1.82) is 0 Å². The van der Waals surface area contributed by atoms with Gasteiger partial charge in [-0.15, -0.1) is 12.4 Å². The molecule has 0 unspecified atom stereocenters. The molecule has 1 aromatic rings. The minimum absolute atomic E-state index is 0. The minimum Gasteiger partial charge on any atom is -0.465 e. The van der Waals surface area contributed by atoms with Crippen LogP contribution in [-0.4, -0.2) is 65.8 Å². The van der Waals surface area contributed by atoms with E-state index in [1.165, 1.54) is 31.4 Å². The molecule has 1 aliphatic rings. The molecule has 1 aromatic carbocycles. The number of nitrogens with one attached hydrogen (secondary N) is 1. The summed E-state index contributed by atoms with van der Waals surface area (Å²) in [6.07, 6.45) is 0. The fraction of sp³-hybridized carbons (Fsp3) is 0.500. The lowest BCUT2D eigenvalue weighted by atomic mass is 10.2. The molecule has 0 radical (unpaired) electrons. The highest BCUT2D eigenvalue weighted by molar-refractivity contribution is 7.89. The Morgan fingerprint density at radius 2 is 1.87 bits per heavy atom. The first kappa shape index (κ1) is 19.9. The molecule has 9 heteroatoms. The molecule has 7 nitrogen and oxygen atoms in total. The number of halogens is 1. The third-order valence-electron chi connectivity index (χ3n) is 3.41. The van der Waals surface area contributed by atoms with Gasteiger partial charge >= 0.3 is 5.97 Å². The van der Waals surface area contributed by atoms with Crippen LogP contribution in [0.3, 0.4) is 0 Å². The van der Waals surface area contributed by atoms with Gasteiger partial charge in [0.25, 0.3) is 0 Å². The number of methoxy groups -OCH3 is 1. The SMILES string of the molecule is COC(=O)c1ccc(S(=O)(=O)NCCN2CCOCC2)cc1.Cl. The molecule has 1 fully saturated rings. The van der Waals surface area contributed by atoms with E-state index in [0.717, 1.165) is 13.1 Å². The van der Waals surface area contributed by atoms with E-state index in [9.17, 15) is 13.2 Å². The van der Waals surface area contributed by atoms with Gasteiger partial charge in [0.2, 0.25) is 10.0 Å². The van der Waals surface area contributed by atoms with Crippen LogP contribution in [0.4, 0.5) is 0 Å². The van der Waals surface area contributed by atoms with Crippen molar-refractivity contribution >= 4 is 28.4 Å². The lowest BCUT2D eigenvalue weighted by molar-refractivity contribution is 0.0390. The second-order valence-corrected chi connectivity index (χ2v) is 6.63. The molecule has 23 heavy (non-hydrogen) atoms. The lowest BCUT2D eigenvalue weighted by Crippen LogP contribution is -2.41. The molecule has 0 saturated carbocycles. The van der Waals surface area contributed by atoms with Crippen LogP contribution in [0.5, 0.6) is 0 Å². The minimum atomic E-state index is -3.57. The molecular formula is C14H21ClN2O5S. The Hall–Kier alpha value is -1.19. The van der Waals surface area contributed by atoms with Gasteiger partial charge in [-0.25, -0.2) is 17.9 Å². The topological polar surface area (TPSA) is 84.9 Å². The monoisotopic (exact) mass is 364 g/mol. The van der Waals surface area contributed by atoms with Gasteiger partial charge < -0.3 is 9.47 Å². The van der Waals surface area contributed by atoms with Gasteiger partial charge in [-0.3, -0.25) is 4.90 Å². The number of sulfonamides is 1. The van der Waals surface area contributed by atoms with Crippen LogP contribution >= 0.6 is 12.4 Å². The summed E-state index contributed by atoms with van der Waals surface area (Å²) in [5.41, 5.74) is 0.315. The molecule has 0 amide bonds. The maximum Gasteiger partial charge on any atom is 0.337 e. The van der Waals surface area contributed by atoms with Crippen LogP contribution in [0.25, 0.3) is 0 Å². The van der Waals surface area contributed by atoms with E-state index in [4.69, 9.17) is 4.74 Å². The maximum atomic E-state index is 12.2. The second kappa shape index (κ2) is 9.19. The van der Waals surface area contributed by atoms with Crippen molar-refractivity contribution in [2.75, 3.05) is 46.5 Å². The van der Waals surface area contributed by atoms with E-state index in [-0.39, 0.29) is 17.3 Å². The number of ether oxygens (including phenoxy) is 2. The Balaban J connectivity index is 0.00000264. The van der Waals surface area contributed by atoms with Gasteiger partial charge in [0.1, 0.15) is 0 Å². The number of carbonyl (C=O) groups is 1. The van der Waals surface area contributed by atoms with Crippen LogP contribution in [0.1, 0.15) is 10.4 Å². The van der Waals surface area contributed by atoms with Gasteiger partial charge in [0.05, 0.1) is 30.8 Å². The summed E-state index contributed by atoms with van der Waals surface area (Å²) in [6, 6.07) is 5.65. The summed E-state index contributed by atoms with van der Waals surface area (Å²) < 4.78 is 36.7. The summed E-state index contributed by atoms with van der Waals surface area (Å²) in [5.74, 6) is -0.496. The van der Waals surface area contributed by atoms with Crippen molar-refractivity contribution < 1.29 is 22.7 Å². The predicted molar refractivity (Wildman–Crippen MR) is 87.5 cm³/mol. The first-order chi connectivity index (χ1) is 10.5. The van der Waals surface area contributed by atoms with Gasteiger partial charge in [-0.05, 0) is 24.3 Å². The Bertz CT molecular complexity index is 600. The molecule has 0 atom stereocenters. The second-order valence-electron chi connectivity index (χ2n) is 4.87. The van der Waals surface area contributed by atoms with E-state index in [0.29, 0.717) is 31.9 Å². The molecule has 1 heterocycles. The van der Waals surface area contributed by atoms with E-state index < -0.39 is 16.0 Å². The number of nitrogens with zero attached hydrogens (tertiary/aromatic N) is 1. The number of morpholine rings is 1. The quantitative estimate of drug-likeness (QED) is 0.740. The van der Waals surface area contributed by atoms with Crippen LogP contribution in [0.2, 0.25) is 0 Å². The Morgan fingerprint density at radius 1 is 1.26 bits per heavy atom. The molecule has 1 N–H and O–H groups in total. The summed E-state index contributed by atoms with van der Waals surface area (Å²) in [4.78, 5) is 13.6. The van der Waals surface area contributed by atoms with E-state index in [1.54, 1.807) is 0 Å². The summed E-state index contributed by atoms with van der Waals surface area (Å²) in [5, 5.41) is 0. The molecule has 1 saturated heterocycles. The van der Waals surface area contributed by atoms with Crippen LogP contribution in [-0.2, 0) is 19.5 Å². The first-order valence-corrected chi connectivity index (χ1v) is 8.49. The Kier molecular flexibility index (Phi) is 7.93. The number of esters is 1. The smallest absolute Gasteiger partial charge is 0.337 e. The average Bonchev–Trinajstić information content (AvgIpc) is 2.55. The average molecular weight is 365 g/mol. The molecule has 0 aromatic heterocycles. The number of hydrogen-bond donors (Lipinski definition) is 1. The van der Waals surface area contributed by atoms with Crippen molar-refractivity contribution in [3.05, 3.63) is 29.8 Å². The van der Waals surface area contributed by atoms with Crippen molar-refractivity contribution in [3.63, 3.8) is 0 Å². The summed E-state index contributed by atoms with van der Waals surface area (Å²) in [6.45, 7) is 3.97. The fourth-order valence-electron chi connectivity index (χ4n) is 2.13. The third-order valence-corrected chi connectivity index (χ3v) is 4.89. The Labute approximate surface area is 142 Å². The van der Waals surface area contributed by atoms with Crippen molar-refractivity contribution in [2.45, 2.75) is 4.90 Å². The zero-order valence-corrected chi connectivity index (χ0v) is 14.5. The number of hydrogen-bond acceptors (Lipinski definition) is 6. The van der Waals surface area contributed by atoms with Crippen molar-refractivity contribution in [1.82, 2.24) is 9.62 Å². The standard InChI is InChI=1S/C14H20N2O5S.ClH/c1-20-14(17)12-2-4-13(5-3-12)22(18,19)15-6-7-16-8-10-21-11-9-16;/h2-5,15H,6-11H2,1H3;1H. The van der Waals surface area contributed by atoms with E-state index in [2.05, 4.69) is 14.4 Å². The van der Waals surface area contributed by atoms with Gasteiger partial charge in [0.15, 0.2) is 0 Å². The number of carbonyl (C=O) groups excluding carboxylic acids is 1. The maximum absolute atomic E-state index is 12.2. The molecule has 0 spiro atoms. The molecule has 130 valence electrons. The fourth-order valence-corrected chi connectivity index (χ4v) is 3.16. The highest BCUT2D eigenvalue weighted by Gasteiger charge is 2.16. The summed E-state index contributed by atoms with van der Waals surface area (Å²) in [7, 11) is -2.29. The van der Waals surface area contributed by atoms with Crippen LogP contribution in [0, 0.1) is 0 Å².